The molecule has 0 aliphatic carbocycles. The first-order chi connectivity index (χ1) is 7.68. The maximum Gasteiger partial charge on any atom is 0.335 e. The molecule has 2 nitrogen and oxygen atoms in total. The van der Waals surface area contributed by atoms with Crippen molar-refractivity contribution in [2.24, 2.45) is 0 Å². The molecule has 16 heavy (non-hydrogen) atoms. The molecule has 0 fully saturated rings. The Hall–Kier alpha value is -1.80. The molecule has 3 heteroatoms. The van der Waals surface area contributed by atoms with E-state index in [4.69, 9.17) is 16.7 Å². The van der Waals surface area contributed by atoms with Crippen LogP contribution in [0.3, 0.4) is 0 Å². The maximum absolute atomic E-state index is 10.8. The van der Waals surface area contributed by atoms with Gasteiger partial charge in [0.1, 0.15) is 0 Å². The van der Waals surface area contributed by atoms with Gasteiger partial charge in [-0.1, -0.05) is 41.9 Å². The van der Waals surface area contributed by atoms with Gasteiger partial charge in [0.15, 0.2) is 0 Å². The van der Waals surface area contributed by atoms with Gasteiger partial charge in [-0.15, -0.1) is 0 Å². The molecule has 2 rings (SSSR count). The van der Waals surface area contributed by atoms with Gasteiger partial charge < -0.3 is 5.11 Å². The molecule has 2 aromatic carbocycles. The van der Waals surface area contributed by atoms with Crippen LogP contribution in [0.1, 0.15) is 10.4 Å². The van der Waals surface area contributed by atoms with Crippen molar-refractivity contribution in [2.45, 2.75) is 0 Å². The summed E-state index contributed by atoms with van der Waals surface area (Å²) in [5.41, 5.74) is 1.91. The Labute approximate surface area is 98.1 Å². The molecule has 0 unspecified atom stereocenters. The van der Waals surface area contributed by atoms with E-state index in [0.717, 1.165) is 11.1 Å². The fraction of sp³-hybridized carbons (Fsp3) is 0. The number of carboxylic acids is 1. The predicted molar refractivity (Wildman–Crippen MR) is 63.8 cm³/mol. The molecule has 1 N–H and O–H groups in total. The molecule has 0 heterocycles. The minimum atomic E-state index is -0.936. The highest BCUT2D eigenvalue weighted by Gasteiger charge is 2.06. The number of aromatic carboxylic acids is 1. The van der Waals surface area contributed by atoms with Crippen molar-refractivity contribution in [3.05, 3.63) is 59.1 Å². The lowest BCUT2D eigenvalue weighted by Crippen LogP contribution is -1.95. The van der Waals surface area contributed by atoms with Crippen molar-refractivity contribution in [1.82, 2.24) is 0 Å². The largest absolute Gasteiger partial charge is 0.478 e. The maximum atomic E-state index is 10.8. The molecule has 0 saturated carbocycles. The summed E-state index contributed by atoms with van der Waals surface area (Å²) in [5.74, 6) is -0.936. The zero-order chi connectivity index (χ0) is 11.5. The molecule has 0 amide bonds. The molecule has 0 bridgehead atoms. The average molecular weight is 233 g/mol. The zero-order valence-electron chi connectivity index (χ0n) is 8.35. The van der Waals surface area contributed by atoms with Crippen LogP contribution in [0.2, 0.25) is 5.02 Å². The van der Waals surface area contributed by atoms with Crippen molar-refractivity contribution in [2.75, 3.05) is 0 Å². The first-order valence-corrected chi connectivity index (χ1v) is 5.14. The summed E-state index contributed by atoms with van der Waals surface area (Å²) in [6.07, 6.45) is 0. The predicted octanol–water partition coefficient (Wildman–Crippen LogP) is 3.71. The topological polar surface area (TPSA) is 37.3 Å². The van der Waals surface area contributed by atoms with E-state index < -0.39 is 5.97 Å². The van der Waals surface area contributed by atoms with Crippen LogP contribution in [0.15, 0.2) is 48.5 Å². The zero-order valence-corrected chi connectivity index (χ0v) is 9.11. The smallest absolute Gasteiger partial charge is 0.335 e. The van der Waals surface area contributed by atoms with Gasteiger partial charge >= 0.3 is 5.97 Å². The normalized spacial score (nSPS) is 10.1. The van der Waals surface area contributed by atoms with Gasteiger partial charge in [0.25, 0.3) is 0 Å². The third kappa shape index (κ3) is 2.07. The highest BCUT2D eigenvalue weighted by Crippen LogP contribution is 2.27. The summed E-state index contributed by atoms with van der Waals surface area (Å²) in [7, 11) is 0. The van der Waals surface area contributed by atoms with Crippen LogP contribution in [-0.4, -0.2) is 11.1 Å². The Morgan fingerprint density at radius 1 is 1.06 bits per heavy atom. The Morgan fingerprint density at radius 3 is 2.50 bits per heavy atom. The quantitative estimate of drug-likeness (QED) is 0.857. The number of carboxylic acid groups (broad SMARTS) is 1. The molecular formula is C13H9ClO2. The van der Waals surface area contributed by atoms with E-state index in [1.165, 1.54) is 0 Å². The third-order valence-corrected chi connectivity index (χ3v) is 2.62. The van der Waals surface area contributed by atoms with E-state index >= 15 is 0 Å². The summed E-state index contributed by atoms with van der Waals surface area (Å²) in [4.78, 5) is 10.8. The second kappa shape index (κ2) is 4.37. The SMILES string of the molecule is O=C(O)c1cccc(-c2ccccc2Cl)c1. The van der Waals surface area contributed by atoms with Crippen LogP contribution in [0.25, 0.3) is 11.1 Å². The van der Waals surface area contributed by atoms with E-state index in [1.54, 1.807) is 24.3 Å². The molecule has 0 aliphatic heterocycles. The number of hydrogen-bond donors (Lipinski definition) is 1. The van der Waals surface area contributed by atoms with Crippen LogP contribution < -0.4 is 0 Å². The summed E-state index contributed by atoms with van der Waals surface area (Å²) >= 11 is 6.04. The minimum absolute atomic E-state index is 0.261. The average Bonchev–Trinajstić information content (AvgIpc) is 2.30. The van der Waals surface area contributed by atoms with E-state index in [2.05, 4.69) is 0 Å². The highest BCUT2D eigenvalue weighted by atomic mass is 35.5. The van der Waals surface area contributed by atoms with Crippen molar-refractivity contribution in [1.29, 1.82) is 0 Å². The Bertz CT molecular complexity index is 535. The lowest BCUT2D eigenvalue weighted by Gasteiger charge is -2.04. The molecule has 0 aliphatic rings. The number of halogens is 1. The van der Waals surface area contributed by atoms with Gasteiger partial charge in [-0.05, 0) is 23.8 Å². The minimum Gasteiger partial charge on any atom is -0.478 e. The second-order valence-corrected chi connectivity index (χ2v) is 3.77. The summed E-state index contributed by atoms with van der Waals surface area (Å²) in [6.45, 7) is 0. The Balaban J connectivity index is 2.53. The first-order valence-electron chi connectivity index (χ1n) is 4.77. The van der Waals surface area contributed by atoms with Gasteiger partial charge in [0.05, 0.1) is 5.56 Å². The molecule has 2 aromatic rings. The van der Waals surface area contributed by atoms with Gasteiger partial charge in [-0.2, -0.15) is 0 Å². The molecule has 0 radical (unpaired) electrons. The number of rotatable bonds is 2. The van der Waals surface area contributed by atoms with Gasteiger partial charge in [-0.25, -0.2) is 4.79 Å². The molecule has 0 aromatic heterocycles. The fourth-order valence-corrected chi connectivity index (χ4v) is 1.76. The van der Waals surface area contributed by atoms with Crippen LogP contribution >= 0.6 is 11.6 Å². The van der Waals surface area contributed by atoms with Gasteiger partial charge in [-0.3, -0.25) is 0 Å². The molecule has 0 atom stereocenters. The van der Waals surface area contributed by atoms with Crippen molar-refractivity contribution >= 4 is 17.6 Å². The van der Waals surface area contributed by atoms with Crippen molar-refractivity contribution < 1.29 is 9.90 Å². The Morgan fingerprint density at radius 2 is 1.81 bits per heavy atom. The monoisotopic (exact) mass is 232 g/mol. The highest BCUT2D eigenvalue weighted by molar-refractivity contribution is 6.33. The molecule has 0 spiro atoms. The van der Waals surface area contributed by atoms with Gasteiger partial charge in [0, 0.05) is 10.6 Å². The van der Waals surface area contributed by atoms with Gasteiger partial charge in [0.2, 0.25) is 0 Å². The molecule has 80 valence electrons. The lowest BCUT2D eigenvalue weighted by atomic mass is 10.0. The fourth-order valence-electron chi connectivity index (χ4n) is 1.52. The van der Waals surface area contributed by atoms with Crippen LogP contribution in [0.4, 0.5) is 0 Å². The molecular weight excluding hydrogens is 224 g/mol. The summed E-state index contributed by atoms with van der Waals surface area (Å²) in [5, 5.41) is 9.51. The van der Waals surface area contributed by atoms with Crippen LogP contribution in [-0.2, 0) is 0 Å². The van der Waals surface area contributed by atoms with Crippen LogP contribution in [0.5, 0.6) is 0 Å². The first kappa shape index (κ1) is 10.7. The third-order valence-electron chi connectivity index (χ3n) is 2.29. The number of carbonyl (C=O) groups is 1. The summed E-state index contributed by atoms with van der Waals surface area (Å²) in [6, 6.07) is 14.1. The van der Waals surface area contributed by atoms with Crippen molar-refractivity contribution in [3.63, 3.8) is 0 Å². The number of benzene rings is 2. The summed E-state index contributed by atoms with van der Waals surface area (Å²) < 4.78 is 0. The van der Waals surface area contributed by atoms with E-state index in [9.17, 15) is 4.79 Å². The van der Waals surface area contributed by atoms with E-state index in [1.807, 2.05) is 24.3 Å². The van der Waals surface area contributed by atoms with E-state index in [0.29, 0.717) is 5.02 Å². The Kier molecular flexibility index (Phi) is 2.93. The number of hydrogen-bond acceptors (Lipinski definition) is 1. The second-order valence-electron chi connectivity index (χ2n) is 3.37. The standard InChI is InChI=1S/C13H9ClO2/c14-12-7-2-1-6-11(12)9-4-3-5-10(8-9)13(15)16/h1-8H,(H,15,16). The van der Waals surface area contributed by atoms with Crippen molar-refractivity contribution in [3.8, 4) is 11.1 Å². The van der Waals surface area contributed by atoms with E-state index in [-0.39, 0.29) is 5.56 Å². The van der Waals surface area contributed by atoms with Crippen LogP contribution in [0, 0.1) is 0 Å². The molecule has 0 saturated heterocycles. The lowest BCUT2D eigenvalue weighted by molar-refractivity contribution is 0.0697.